The molecular formula is C12H17ClN2O2. The molecule has 1 aromatic rings. The molecule has 0 heterocycles. The minimum absolute atomic E-state index is 0.0325. The van der Waals surface area contributed by atoms with Crippen LogP contribution in [-0.4, -0.2) is 42.2 Å². The van der Waals surface area contributed by atoms with Crippen LogP contribution in [0.4, 0.5) is 5.69 Å². The monoisotopic (exact) mass is 256 g/mol. The van der Waals surface area contributed by atoms with Gasteiger partial charge < -0.3 is 10.4 Å². The zero-order valence-electron chi connectivity index (χ0n) is 9.98. The normalized spacial score (nSPS) is 12.5. The fraction of sp³-hybridized carbons (Fsp3) is 0.417. The number of nitrogens with one attached hydrogen (secondary N) is 1. The molecule has 0 aliphatic heterocycles. The van der Waals surface area contributed by atoms with Crippen LogP contribution in [0.3, 0.4) is 0 Å². The molecule has 0 aromatic heterocycles. The van der Waals surface area contributed by atoms with Gasteiger partial charge in [-0.1, -0.05) is 11.6 Å². The Bertz CT molecular complexity index is 367. The third-order valence-corrected chi connectivity index (χ3v) is 2.79. The van der Waals surface area contributed by atoms with Crippen molar-refractivity contribution in [1.29, 1.82) is 0 Å². The average Bonchev–Trinajstić information content (AvgIpc) is 2.30. The molecule has 1 amide bonds. The highest BCUT2D eigenvalue weighted by Gasteiger charge is 2.11. The fourth-order valence-corrected chi connectivity index (χ4v) is 1.38. The van der Waals surface area contributed by atoms with Crippen molar-refractivity contribution in [3.05, 3.63) is 29.3 Å². The predicted octanol–water partition coefficient (Wildman–Crippen LogP) is 1.59. The first-order valence-electron chi connectivity index (χ1n) is 5.39. The van der Waals surface area contributed by atoms with E-state index in [1.54, 1.807) is 36.2 Å². The van der Waals surface area contributed by atoms with Crippen LogP contribution < -0.4 is 5.32 Å². The summed E-state index contributed by atoms with van der Waals surface area (Å²) in [5.41, 5.74) is 0.712. The first-order chi connectivity index (χ1) is 8.02. The molecule has 17 heavy (non-hydrogen) atoms. The number of carbonyl (C=O) groups excluding carboxylic acids is 1. The Morgan fingerprint density at radius 1 is 1.47 bits per heavy atom. The maximum Gasteiger partial charge on any atom is 0.238 e. The highest BCUT2D eigenvalue weighted by Crippen LogP contribution is 2.13. The van der Waals surface area contributed by atoms with E-state index in [0.717, 1.165) is 0 Å². The van der Waals surface area contributed by atoms with Crippen LogP contribution in [0.5, 0.6) is 0 Å². The third-order valence-electron chi connectivity index (χ3n) is 2.54. The summed E-state index contributed by atoms with van der Waals surface area (Å²) < 4.78 is 0. The van der Waals surface area contributed by atoms with Crippen LogP contribution >= 0.6 is 11.6 Å². The van der Waals surface area contributed by atoms with Gasteiger partial charge in [0, 0.05) is 16.8 Å². The Balaban J connectivity index is 2.47. The van der Waals surface area contributed by atoms with Gasteiger partial charge in [0.1, 0.15) is 0 Å². The summed E-state index contributed by atoms with van der Waals surface area (Å²) in [6.07, 6.45) is 0. The van der Waals surface area contributed by atoms with E-state index in [-0.39, 0.29) is 25.1 Å². The highest BCUT2D eigenvalue weighted by atomic mass is 35.5. The number of amides is 1. The lowest BCUT2D eigenvalue weighted by Crippen LogP contribution is -2.38. The summed E-state index contributed by atoms with van der Waals surface area (Å²) >= 11 is 5.74. The van der Waals surface area contributed by atoms with E-state index in [0.29, 0.717) is 10.7 Å². The molecule has 1 atom stereocenters. The molecule has 94 valence electrons. The van der Waals surface area contributed by atoms with E-state index in [9.17, 15) is 4.79 Å². The highest BCUT2D eigenvalue weighted by molar-refractivity contribution is 6.30. The van der Waals surface area contributed by atoms with Crippen LogP contribution in [0, 0.1) is 0 Å². The summed E-state index contributed by atoms with van der Waals surface area (Å²) in [5, 5.41) is 12.3. The number of aliphatic hydroxyl groups excluding tert-OH is 1. The second-order valence-electron chi connectivity index (χ2n) is 4.00. The van der Waals surface area contributed by atoms with Gasteiger partial charge in [-0.15, -0.1) is 0 Å². The number of rotatable bonds is 5. The Morgan fingerprint density at radius 2 is 2.06 bits per heavy atom. The zero-order valence-corrected chi connectivity index (χ0v) is 10.7. The first kappa shape index (κ1) is 14.0. The zero-order chi connectivity index (χ0) is 12.8. The predicted molar refractivity (Wildman–Crippen MR) is 69.3 cm³/mol. The summed E-state index contributed by atoms with van der Waals surface area (Å²) in [4.78, 5) is 13.4. The van der Waals surface area contributed by atoms with Gasteiger partial charge in [-0.3, -0.25) is 9.69 Å². The Morgan fingerprint density at radius 3 is 2.59 bits per heavy atom. The molecule has 0 aliphatic carbocycles. The number of benzene rings is 1. The number of halogens is 1. The van der Waals surface area contributed by atoms with E-state index < -0.39 is 0 Å². The topological polar surface area (TPSA) is 52.6 Å². The molecule has 1 unspecified atom stereocenters. The van der Waals surface area contributed by atoms with E-state index in [2.05, 4.69) is 5.32 Å². The van der Waals surface area contributed by atoms with E-state index >= 15 is 0 Å². The molecular weight excluding hydrogens is 240 g/mol. The number of carbonyl (C=O) groups is 1. The number of anilines is 1. The number of hydrogen-bond donors (Lipinski definition) is 2. The Labute approximate surface area is 106 Å². The molecule has 4 nitrogen and oxygen atoms in total. The van der Waals surface area contributed by atoms with Gasteiger partial charge in [0.25, 0.3) is 0 Å². The molecule has 5 heteroatoms. The minimum atomic E-state index is -0.116. The third kappa shape index (κ3) is 4.73. The van der Waals surface area contributed by atoms with Crippen molar-refractivity contribution in [3.63, 3.8) is 0 Å². The number of likely N-dealkylation sites (N-methyl/N-ethyl adjacent to an activating group) is 1. The van der Waals surface area contributed by atoms with Crippen LogP contribution in [-0.2, 0) is 4.79 Å². The number of nitrogens with zero attached hydrogens (tertiary/aromatic N) is 1. The minimum Gasteiger partial charge on any atom is -0.395 e. The van der Waals surface area contributed by atoms with E-state index in [1.807, 2.05) is 6.92 Å². The molecule has 2 N–H and O–H groups in total. The van der Waals surface area contributed by atoms with Crippen LogP contribution in [0.25, 0.3) is 0 Å². The van der Waals surface area contributed by atoms with E-state index in [1.165, 1.54) is 0 Å². The van der Waals surface area contributed by atoms with Crippen molar-refractivity contribution in [1.82, 2.24) is 4.90 Å². The quantitative estimate of drug-likeness (QED) is 0.841. The van der Waals surface area contributed by atoms with E-state index in [4.69, 9.17) is 16.7 Å². The lowest BCUT2D eigenvalue weighted by molar-refractivity contribution is -0.117. The van der Waals surface area contributed by atoms with Crippen LogP contribution in [0.1, 0.15) is 6.92 Å². The van der Waals surface area contributed by atoms with Crippen LogP contribution in [0.15, 0.2) is 24.3 Å². The largest absolute Gasteiger partial charge is 0.395 e. The summed E-state index contributed by atoms with van der Waals surface area (Å²) in [6.45, 7) is 2.13. The van der Waals surface area contributed by atoms with Gasteiger partial charge in [0.05, 0.1) is 13.2 Å². The summed E-state index contributed by atoms with van der Waals surface area (Å²) in [7, 11) is 1.79. The second kappa shape index (κ2) is 6.59. The van der Waals surface area contributed by atoms with Crippen molar-refractivity contribution in [2.75, 3.05) is 25.5 Å². The molecule has 0 fully saturated rings. The van der Waals surface area contributed by atoms with Crippen molar-refractivity contribution in [2.45, 2.75) is 13.0 Å². The first-order valence-corrected chi connectivity index (χ1v) is 5.77. The summed E-state index contributed by atoms with van der Waals surface area (Å²) in [6, 6.07) is 6.89. The SMILES string of the molecule is CC(CO)N(C)CC(=O)Nc1ccc(Cl)cc1. The molecule has 1 aromatic carbocycles. The fourth-order valence-electron chi connectivity index (χ4n) is 1.26. The molecule has 0 aliphatic rings. The van der Waals surface area contributed by atoms with Crippen LogP contribution in [0.2, 0.25) is 5.02 Å². The maximum absolute atomic E-state index is 11.7. The Kier molecular flexibility index (Phi) is 5.41. The second-order valence-corrected chi connectivity index (χ2v) is 4.44. The molecule has 0 bridgehead atoms. The molecule has 0 spiro atoms. The van der Waals surface area contributed by atoms with Gasteiger partial charge in [0.2, 0.25) is 5.91 Å². The summed E-state index contributed by atoms with van der Waals surface area (Å²) in [5.74, 6) is -0.116. The van der Waals surface area contributed by atoms with Gasteiger partial charge in [-0.25, -0.2) is 0 Å². The molecule has 0 saturated heterocycles. The lowest BCUT2D eigenvalue weighted by Gasteiger charge is -2.21. The number of hydrogen-bond acceptors (Lipinski definition) is 3. The molecule has 0 saturated carbocycles. The number of aliphatic hydroxyl groups is 1. The van der Waals surface area contributed by atoms with Gasteiger partial charge in [-0.2, -0.15) is 0 Å². The molecule has 1 rings (SSSR count). The maximum atomic E-state index is 11.7. The standard InChI is InChI=1S/C12H17ClN2O2/c1-9(8-16)15(2)7-12(17)14-11-5-3-10(13)4-6-11/h3-6,9,16H,7-8H2,1-2H3,(H,14,17). The lowest BCUT2D eigenvalue weighted by atomic mass is 10.3. The Hall–Kier alpha value is -1.10. The van der Waals surface area contributed by atoms with Gasteiger partial charge in [-0.05, 0) is 38.2 Å². The van der Waals surface area contributed by atoms with Crippen molar-refractivity contribution >= 4 is 23.2 Å². The van der Waals surface area contributed by atoms with Gasteiger partial charge >= 0.3 is 0 Å². The smallest absolute Gasteiger partial charge is 0.238 e. The van der Waals surface area contributed by atoms with Crippen molar-refractivity contribution in [2.24, 2.45) is 0 Å². The molecule has 0 radical (unpaired) electrons. The van der Waals surface area contributed by atoms with Gasteiger partial charge in [0.15, 0.2) is 0 Å². The van der Waals surface area contributed by atoms with Crippen molar-refractivity contribution in [3.8, 4) is 0 Å². The van der Waals surface area contributed by atoms with Crippen molar-refractivity contribution < 1.29 is 9.90 Å². The average molecular weight is 257 g/mol.